The van der Waals surface area contributed by atoms with Gasteiger partial charge in [0.15, 0.2) is 0 Å². The molecule has 4 heteroatoms. The minimum atomic E-state index is -0.823. The predicted molar refractivity (Wildman–Crippen MR) is 30.2 cm³/mol. The Bertz CT molecular complexity index is 111. The fraction of sp³-hybridized carbons (Fsp3) is 0.800. The first-order chi connectivity index (χ1) is 4.29. The van der Waals surface area contributed by atoms with Gasteiger partial charge in [-0.05, 0) is 0 Å². The second-order valence-electron chi connectivity index (χ2n) is 1.98. The lowest BCUT2D eigenvalue weighted by Crippen LogP contribution is -2.26. The zero-order valence-electron chi connectivity index (χ0n) is 4.96. The van der Waals surface area contributed by atoms with Gasteiger partial charge in [0.25, 0.3) is 0 Å². The standard InChI is InChI=1S/C5H9NO3/c7-5(8)2-6-1-4-3-9-4/h4,6H,1-3H2,(H,7,8). The highest BCUT2D eigenvalue weighted by Crippen LogP contribution is 2.05. The van der Waals surface area contributed by atoms with Gasteiger partial charge in [-0.2, -0.15) is 0 Å². The lowest BCUT2D eigenvalue weighted by molar-refractivity contribution is -0.135. The molecule has 1 aliphatic rings. The fourth-order valence-corrected chi connectivity index (χ4v) is 0.526. The SMILES string of the molecule is O=C(O)CNCC1CO1. The van der Waals surface area contributed by atoms with Crippen molar-refractivity contribution >= 4 is 5.97 Å². The number of epoxide rings is 1. The van der Waals surface area contributed by atoms with Crippen LogP contribution in [0.1, 0.15) is 0 Å². The fourth-order valence-electron chi connectivity index (χ4n) is 0.526. The maximum absolute atomic E-state index is 9.90. The Balaban J connectivity index is 1.86. The van der Waals surface area contributed by atoms with Crippen LogP contribution in [0.4, 0.5) is 0 Å². The van der Waals surface area contributed by atoms with Crippen molar-refractivity contribution < 1.29 is 14.6 Å². The molecule has 0 saturated carbocycles. The predicted octanol–water partition coefficient (Wildman–Crippen LogP) is -0.941. The van der Waals surface area contributed by atoms with Gasteiger partial charge in [0.2, 0.25) is 0 Å². The molecule has 1 saturated heterocycles. The molecule has 9 heavy (non-hydrogen) atoms. The van der Waals surface area contributed by atoms with E-state index >= 15 is 0 Å². The molecule has 0 radical (unpaired) electrons. The van der Waals surface area contributed by atoms with Crippen molar-refractivity contribution in [3.05, 3.63) is 0 Å². The molecule has 2 N–H and O–H groups in total. The number of carboxylic acids is 1. The summed E-state index contributed by atoms with van der Waals surface area (Å²) in [6.07, 6.45) is 0.268. The molecule has 1 unspecified atom stereocenters. The van der Waals surface area contributed by atoms with Crippen LogP contribution < -0.4 is 5.32 Å². The minimum absolute atomic E-state index is 0.0276. The van der Waals surface area contributed by atoms with Gasteiger partial charge in [0, 0.05) is 6.54 Å². The van der Waals surface area contributed by atoms with Gasteiger partial charge in [0.05, 0.1) is 19.3 Å². The van der Waals surface area contributed by atoms with Crippen LogP contribution in [0.15, 0.2) is 0 Å². The van der Waals surface area contributed by atoms with E-state index < -0.39 is 5.97 Å². The summed E-state index contributed by atoms with van der Waals surface area (Å²) in [5.74, 6) is -0.823. The molecule has 0 amide bonds. The van der Waals surface area contributed by atoms with Crippen LogP contribution in [-0.2, 0) is 9.53 Å². The van der Waals surface area contributed by atoms with Crippen molar-refractivity contribution in [3.63, 3.8) is 0 Å². The number of nitrogens with one attached hydrogen (secondary N) is 1. The largest absolute Gasteiger partial charge is 0.480 e. The molecule has 1 rings (SSSR count). The third-order valence-electron chi connectivity index (χ3n) is 1.05. The van der Waals surface area contributed by atoms with Crippen molar-refractivity contribution in [1.29, 1.82) is 0 Å². The van der Waals surface area contributed by atoms with Gasteiger partial charge in [-0.3, -0.25) is 4.79 Å². The maximum Gasteiger partial charge on any atom is 0.317 e. The summed E-state index contributed by atoms with van der Waals surface area (Å²) in [7, 11) is 0. The summed E-state index contributed by atoms with van der Waals surface area (Å²) in [6, 6.07) is 0. The van der Waals surface area contributed by atoms with Crippen LogP contribution in [0.25, 0.3) is 0 Å². The Morgan fingerprint density at radius 1 is 1.89 bits per heavy atom. The highest BCUT2D eigenvalue weighted by Gasteiger charge is 2.21. The molecule has 0 aromatic heterocycles. The van der Waals surface area contributed by atoms with E-state index in [-0.39, 0.29) is 12.6 Å². The lowest BCUT2D eigenvalue weighted by atomic mass is 10.5. The smallest absolute Gasteiger partial charge is 0.317 e. The Morgan fingerprint density at radius 3 is 3.00 bits per heavy atom. The number of hydrogen-bond acceptors (Lipinski definition) is 3. The molecule has 0 aliphatic carbocycles. The summed E-state index contributed by atoms with van der Waals surface area (Å²) < 4.78 is 4.83. The van der Waals surface area contributed by atoms with Crippen LogP contribution in [0.3, 0.4) is 0 Å². The van der Waals surface area contributed by atoms with Gasteiger partial charge in [-0.1, -0.05) is 0 Å². The molecule has 4 nitrogen and oxygen atoms in total. The molecule has 52 valence electrons. The molecule has 0 bridgehead atoms. The Kier molecular flexibility index (Phi) is 2.02. The van der Waals surface area contributed by atoms with Crippen LogP contribution in [0.5, 0.6) is 0 Å². The molecule has 1 atom stereocenters. The summed E-state index contributed by atoms with van der Waals surface area (Å²) in [5.41, 5.74) is 0. The summed E-state index contributed by atoms with van der Waals surface area (Å²) >= 11 is 0. The van der Waals surface area contributed by atoms with Crippen molar-refractivity contribution in [3.8, 4) is 0 Å². The first kappa shape index (κ1) is 6.51. The number of hydrogen-bond donors (Lipinski definition) is 2. The van der Waals surface area contributed by atoms with Crippen molar-refractivity contribution in [2.45, 2.75) is 6.10 Å². The summed E-state index contributed by atoms with van der Waals surface area (Å²) in [4.78, 5) is 9.90. The normalized spacial score (nSPS) is 23.8. The third kappa shape index (κ3) is 3.05. The molecular formula is C5H9NO3. The zero-order valence-corrected chi connectivity index (χ0v) is 4.96. The monoisotopic (exact) mass is 131 g/mol. The number of ether oxygens (including phenoxy) is 1. The number of aliphatic carboxylic acids is 1. The number of rotatable bonds is 4. The van der Waals surface area contributed by atoms with Crippen molar-refractivity contribution in [2.24, 2.45) is 0 Å². The van der Waals surface area contributed by atoms with E-state index in [1.165, 1.54) is 0 Å². The Hall–Kier alpha value is -0.610. The van der Waals surface area contributed by atoms with E-state index in [9.17, 15) is 4.79 Å². The number of carbonyl (C=O) groups is 1. The topological polar surface area (TPSA) is 61.9 Å². The van der Waals surface area contributed by atoms with E-state index in [0.29, 0.717) is 6.54 Å². The van der Waals surface area contributed by atoms with E-state index in [4.69, 9.17) is 9.84 Å². The molecule has 1 aliphatic heterocycles. The second kappa shape index (κ2) is 2.80. The third-order valence-corrected chi connectivity index (χ3v) is 1.05. The maximum atomic E-state index is 9.90. The average molecular weight is 131 g/mol. The lowest BCUT2D eigenvalue weighted by Gasteiger charge is -1.94. The molecule has 1 heterocycles. The van der Waals surface area contributed by atoms with Crippen LogP contribution >= 0.6 is 0 Å². The molecule has 0 spiro atoms. The van der Waals surface area contributed by atoms with E-state index in [0.717, 1.165) is 6.61 Å². The summed E-state index contributed by atoms with van der Waals surface area (Å²) in [5, 5.41) is 10.9. The van der Waals surface area contributed by atoms with Gasteiger partial charge in [-0.15, -0.1) is 0 Å². The second-order valence-corrected chi connectivity index (χ2v) is 1.98. The van der Waals surface area contributed by atoms with Crippen LogP contribution in [-0.4, -0.2) is 36.9 Å². The quantitative estimate of drug-likeness (QED) is 0.483. The molecule has 0 aromatic carbocycles. The molecule has 1 fully saturated rings. The van der Waals surface area contributed by atoms with Gasteiger partial charge < -0.3 is 15.2 Å². The molecule has 0 aromatic rings. The van der Waals surface area contributed by atoms with E-state index in [1.807, 2.05) is 0 Å². The van der Waals surface area contributed by atoms with E-state index in [1.54, 1.807) is 0 Å². The van der Waals surface area contributed by atoms with E-state index in [2.05, 4.69) is 5.32 Å². The highest BCUT2D eigenvalue weighted by molar-refractivity contribution is 5.68. The van der Waals surface area contributed by atoms with Gasteiger partial charge in [0.1, 0.15) is 0 Å². The van der Waals surface area contributed by atoms with Crippen molar-refractivity contribution in [1.82, 2.24) is 5.32 Å². The van der Waals surface area contributed by atoms with Crippen LogP contribution in [0, 0.1) is 0 Å². The average Bonchev–Trinajstić information content (AvgIpc) is 2.48. The first-order valence-corrected chi connectivity index (χ1v) is 2.83. The molecular weight excluding hydrogens is 122 g/mol. The Morgan fingerprint density at radius 2 is 2.56 bits per heavy atom. The van der Waals surface area contributed by atoms with Crippen LogP contribution in [0.2, 0.25) is 0 Å². The minimum Gasteiger partial charge on any atom is -0.480 e. The number of carboxylic acid groups (broad SMARTS) is 1. The summed E-state index contributed by atoms with van der Waals surface area (Å²) in [6.45, 7) is 1.46. The zero-order chi connectivity index (χ0) is 6.69. The van der Waals surface area contributed by atoms with Gasteiger partial charge in [-0.25, -0.2) is 0 Å². The first-order valence-electron chi connectivity index (χ1n) is 2.83. The van der Waals surface area contributed by atoms with Crippen molar-refractivity contribution in [2.75, 3.05) is 19.7 Å². The highest BCUT2D eigenvalue weighted by atomic mass is 16.6. The Labute approximate surface area is 52.8 Å². The van der Waals surface area contributed by atoms with Gasteiger partial charge >= 0.3 is 5.97 Å².